The van der Waals surface area contributed by atoms with E-state index in [1.807, 2.05) is 17.8 Å². The standard InChI is InChI=1S/C29H41N3O2S/c1-3-24-26-21(18-32(24)27(34)30-10-12-35-13-11-30)16-28(2)25-14-20-6-7-22(33)15-23(20)29(26,28)8-9-31(25)17-19-4-5-19/h6-7,15,19,21,24-26,33H,3-5,8-14,16-18H2,1-2H3/t21-,24?,25?,26?,28?,29?/m1/s1. The highest BCUT2D eigenvalue weighted by atomic mass is 32.2. The van der Waals surface area contributed by atoms with Gasteiger partial charge in [0.25, 0.3) is 0 Å². The fourth-order valence-corrected chi connectivity index (χ4v) is 10.5. The van der Waals surface area contributed by atoms with Crippen LogP contribution >= 0.6 is 11.8 Å². The number of nitrogens with zero attached hydrogens (tertiary/aromatic N) is 3. The largest absolute Gasteiger partial charge is 0.508 e. The number of phenolic OH excluding ortho intramolecular Hbond substituents is 1. The van der Waals surface area contributed by atoms with Crippen LogP contribution in [0.25, 0.3) is 0 Å². The number of phenols is 1. The van der Waals surface area contributed by atoms with Gasteiger partial charge >= 0.3 is 6.03 Å². The van der Waals surface area contributed by atoms with Crippen LogP contribution in [0.5, 0.6) is 5.75 Å². The normalized spacial score (nSPS) is 40.4. The van der Waals surface area contributed by atoms with Crippen molar-refractivity contribution in [2.24, 2.45) is 23.2 Å². The van der Waals surface area contributed by atoms with Crippen LogP contribution < -0.4 is 0 Å². The van der Waals surface area contributed by atoms with Crippen LogP contribution in [0.3, 0.4) is 0 Å². The van der Waals surface area contributed by atoms with Gasteiger partial charge in [0.2, 0.25) is 0 Å². The summed E-state index contributed by atoms with van der Waals surface area (Å²) in [7, 11) is 0. The summed E-state index contributed by atoms with van der Waals surface area (Å²) in [5.74, 6) is 4.50. The Bertz CT molecular complexity index is 1020. The molecule has 6 heteroatoms. The van der Waals surface area contributed by atoms with Crippen molar-refractivity contribution in [1.29, 1.82) is 0 Å². The second-order valence-electron chi connectivity index (χ2n) is 12.6. The number of hydrogen-bond acceptors (Lipinski definition) is 4. The number of hydrogen-bond donors (Lipinski definition) is 1. The van der Waals surface area contributed by atoms with Crippen LogP contribution in [0, 0.1) is 23.2 Å². The van der Waals surface area contributed by atoms with Crippen molar-refractivity contribution >= 4 is 17.8 Å². The van der Waals surface area contributed by atoms with Crippen LogP contribution in [-0.4, -0.2) is 82.2 Å². The Balaban J connectivity index is 1.31. The first kappa shape index (κ1) is 22.8. The lowest BCUT2D eigenvalue weighted by Gasteiger charge is -2.63. The maximum Gasteiger partial charge on any atom is 0.320 e. The average Bonchev–Trinajstić information content (AvgIpc) is 3.54. The van der Waals surface area contributed by atoms with E-state index < -0.39 is 0 Å². The summed E-state index contributed by atoms with van der Waals surface area (Å²) in [6.45, 7) is 10.1. The van der Waals surface area contributed by atoms with Crippen molar-refractivity contribution in [2.45, 2.75) is 69.9 Å². The van der Waals surface area contributed by atoms with Crippen LogP contribution in [0.15, 0.2) is 18.2 Å². The highest BCUT2D eigenvalue weighted by molar-refractivity contribution is 7.99. The molecule has 2 amide bonds. The molecule has 3 aliphatic carbocycles. The molecule has 0 radical (unpaired) electrons. The van der Waals surface area contributed by atoms with Crippen molar-refractivity contribution in [3.8, 4) is 5.75 Å². The lowest BCUT2D eigenvalue weighted by Crippen LogP contribution is -2.67. The lowest BCUT2D eigenvalue weighted by molar-refractivity contribution is -0.0629. The molecule has 3 aliphatic heterocycles. The third kappa shape index (κ3) is 3.14. The molecule has 5 fully saturated rings. The molecule has 3 saturated heterocycles. The molecule has 190 valence electrons. The number of urea groups is 1. The highest BCUT2D eigenvalue weighted by Crippen LogP contribution is 2.71. The molecular formula is C29H41N3O2S. The molecule has 5 unspecified atom stereocenters. The molecule has 3 heterocycles. The minimum Gasteiger partial charge on any atom is -0.508 e. The topological polar surface area (TPSA) is 47.0 Å². The van der Waals surface area contributed by atoms with Crippen molar-refractivity contribution in [3.63, 3.8) is 0 Å². The van der Waals surface area contributed by atoms with Gasteiger partial charge in [-0.2, -0.15) is 11.8 Å². The maximum atomic E-state index is 13.8. The van der Waals surface area contributed by atoms with Crippen molar-refractivity contribution < 1.29 is 9.90 Å². The van der Waals surface area contributed by atoms with Gasteiger partial charge in [0.05, 0.1) is 0 Å². The monoisotopic (exact) mass is 495 g/mol. The van der Waals surface area contributed by atoms with Gasteiger partial charge in [-0.25, -0.2) is 4.79 Å². The van der Waals surface area contributed by atoms with Gasteiger partial charge in [-0.3, -0.25) is 4.90 Å². The summed E-state index contributed by atoms with van der Waals surface area (Å²) in [6.07, 6.45) is 7.34. The molecule has 1 aromatic carbocycles. The number of thioether (sulfide) groups is 1. The van der Waals surface area contributed by atoms with E-state index in [9.17, 15) is 9.90 Å². The number of piperidine rings is 1. The van der Waals surface area contributed by atoms with Crippen LogP contribution in [0.4, 0.5) is 4.79 Å². The number of fused-ring (bicyclic) bond motifs is 2. The van der Waals surface area contributed by atoms with E-state index >= 15 is 0 Å². The van der Waals surface area contributed by atoms with E-state index in [0.29, 0.717) is 35.7 Å². The molecule has 1 N–H and O–H groups in total. The Morgan fingerprint density at radius 3 is 2.74 bits per heavy atom. The van der Waals surface area contributed by atoms with Gasteiger partial charge in [0.1, 0.15) is 5.75 Å². The van der Waals surface area contributed by atoms with Gasteiger partial charge in [0, 0.05) is 55.2 Å². The zero-order chi connectivity index (χ0) is 23.9. The summed E-state index contributed by atoms with van der Waals surface area (Å²) < 4.78 is 0. The number of rotatable bonds is 3. The van der Waals surface area contributed by atoms with Crippen LogP contribution in [0.2, 0.25) is 0 Å². The SMILES string of the molecule is CCC1C2[C@@H](CN1C(=O)N1CCSCC1)CC1(C)C3Cc4ccc(O)cc4C21CCN3CC1CC1. The Hall–Kier alpha value is -1.40. The number of carbonyl (C=O) groups is 1. The Morgan fingerprint density at radius 2 is 2.00 bits per heavy atom. The molecule has 7 rings (SSSR count). The summed E-state index contributed by atoms with van der Waals surface area (Å²) in [5, 5.41) is 10.7. The number of aromatic hydroxyl groups is 1. The van der Waals surface area contributed by atoms with Crippen LogP contribution in [0.1, 0.15) is 57.1 Å². The quantitative estimate of drug-likeness (QED) is 0.667. The molecule has 6 aliphatic rings. The summed E-state index contributed by atoms with van der Waals surface area (Å²) in [5.41, 5.74) is 3.15. The van der Waals surface area contributed by atoms with E-state index in [4.69, 9.17) is 0 Å². The van der Waals surface area contributed by atoms with Gasteiger partial charge in [-0.15, -0.1) is 0 Å². The number of likely N-dealkylation sites (tertiary alicyclic amines) is 2. The molecular weight excluding hydrogens is 454 g/mol. The zero-order valence-electron chi connectivity index (χ0n) is 21.4. The van der Waals surface area contributed by atoms with Crippen molar-refractivity contribution in [2.75, 3.05) is 44.2 Å². The van der Waals surface area contributed by atoms with E-state index in [1.165, 1.54) is 49.9 Å². The van der Waals surface area contributed by atoms with E-state index in [0.717, 1.165) is 49.9 Å². The van der Waals surface area contributed by atoms with E-state index in [2.05, 4.69) is 40.7 Å². The minimum atomic E-state index is 0.0577. The molecule has 0 aromatic heterocycles. The summed E-state index contributed by atoms with van der Waals surface area (Å²) >= 11 is 1.97. The summed E-state index contributed by atoms with van der Waals surface area (Å²) in [6, 6.07) is 7.42. The fraction of sp³-hybridized carbons (Fsp3) is 0.759. The predicted molar refractivity (Wildman–Crippen MR) is 141 cm³/mol. The second kappa shape index (κ2) is 8.05. The molecule has 6 atom stereocenters. The first-order valence-corrected chi connectivity index (χ1v) is 15.3. The third-order valence-corrected chi connectivity index (χ3v) is 12.1. The zero-order valence-corrected chi connectivity index (χ0v) is 22.2. The van der Waals surface area contributed by atoms with Crippen molar-refractivity contribution in [3.05, 3.63) is 29.3 Å². The van der Waals surface area contributed by atoms with Gasteiger partial charge in [-0.1, -0.05) is 19.9 Å². The average molecular weight is 496 g/mol. The molecule has 1 aromatic rings. The number of carbonyl (C=O) groups excluding carboxylic acids is 1. The number of amides is 2. The first-order valence-electron chi connectivity index (χ1n) is 14.2. The lowest BCUT2D eigenvalue weighted by atomic mass is 9.48. The molecule has 5 nitrogen and oxygen atoms in total. The van der Waals surface area contributed by atoms with Gasteiger partial charge < -0.3 is 14.9 Å². The fourth-order valence-electron chi connectivity index (χ4n) is 9.63. The third-order valence-electron chi connectivity index (χ3n) is 11.1. The molecule has 35 heavy (non-hydrogen) atoms. The predicted octanol–water partition coefficient (Wildman–Crippen LogP) is 4.58. The highest BCUT2D eigenvalue weighted by Gasteiger charge is 2.72. The smallest absolute Gasteiger partial charge is 0.320 e. The van der Waals surface area contributed by atoms with Crippen LogP contribution in [-0.2, 0) is 11.8 Å². The molecule has 2 bridgehead atoms. The van der Waals surface area contributed by atoms with Crippen molar-refractivity contribution in [1.82, 2.24) is 14.7 Å². The first-order chi connectivity index (χ1) is 17.0. The van der Waals surface area contributed by atoms with Gasteiger partial charge in [0.15, 0.2) is 0 Å². The Morgan fingerprint density at radius 1 is 1.20 bits per heavy atom. The van der Waals surface area contributed by atoms with E-state index in [1.54, 1.807) is 0 Å². The maximum absolute atomic E-state index is 13.8. The minimum absolute atomic E-state index is 0.0577. The summed E-state index contributed by atoms with van der Waals surface area (Å²) in [4.78, 5) is 21.1. The number of benzene rings is 1. The van der Waals surface area contributed by atoms with E-state index in [-0.39, 0.29) is 10.8 Å². The Kier molecular flexibility index (Phi) is 5.24. The molecule has 0 spiro atoms. The molecule has 2 saturated carbocycles. The Labute approximate surface area is 214 Å². The van der Waals surface area contributed by atoms with Gasteiger partial charge in [-0.05, 0) is 91.5 Å². The second-order valence-corrected chi connectivity index (χ2v) is 13.9.